The predicted molar refractivity (Wildman–Crippen MR) is 79.9 cm³/mol. The molecule has 0 aliphatic rings. The second kappa shape index (κ2) is 6.55. The van der Waals surface area contributed by atoms with Gasteiger partial charge in [-0.05, 0) is 17.4 Å². The van der Waals surface area contributed by atoms with Gasteiger partial charge in [-0.3, -0.25) is 9.59 Å². The highest BCUT2D eigenvalue weighted by Crippen LogP contribution is 2.19. The topological polar surface area (TPSA) is 72.2 Å². The quantitative estimate of drug-likeness (QED) is 0.862. The van der Waals surface area contributed by atoms with Gasteiger partial charge in [0.05, 0.1) is 0 Å². The molecule has 1 aromatic rings. The van der Waals surface area contributed by atoms with Crippen molar-refractivity contribution in [3.63, 3.8) is 0 Å². The van der Waals surface area contributed by atoms with Crippen molar-refractivity contribution in [1.29, 1.82) is 0 Å². The summed E-state index contributed by atoms with van der Waals surface area (Å²) in [6.45, 7) is 7.49. The second-order valence-electron chi connectivity index (χ2n) is 6.30. The van der Waals surface area contributed by atoms with Crippen LogP contribution in [0.25, 0.3) is 0 Å². The van der Waals surface area contributed by atoms with Crippen LogP contribution in [0.3, 0.4) is 0 Å². The van der Waals surface area contributed by atoms with Crippen molar-refractivity contribution in [3.05, 3.63) is 35.9 Å². The van der Waals surface area contributed by atoms with Crippen LogP contribution >= 0.6 is 0 Å². The van der Waals surface area contributed by atoms with E-state index in [4.69, 9.17) is 5.73 Å². The van der Waals surface area contributed by atoms with E-state index in [2.05, 4.69) is 5.32 Å². The number of benzene rings is 1. The Morgan fingerprint density at radius 1 is 1.20 bits per heavy atom. The summed E-state index contributed by atoms with van der Waals surface area (Å²) < 4.78 is 0. The number of primary amides is 1. The molecule has 0 aliphatic heterocycles. The highest BCUT2D eigenvalue weighted by atomic mass is 16.2. The molecule has 110 valence electrons. The molecule has 3 N–H and O–H groups in total. The number of rotatable bonds is 5. The van der Waals surface area contributed by atoms with Crippen LogP contribution in [0.1, 0.15) is 33.3 Å². The molecule has 0 heterocycles. The Morgan fingerprint density at radius 2 is 1.75 bits per heavy atom. The molecule has 20 heavy (non-hydrogen) atoms. The summed E-state index contributed by atoms with van der Waals surface area (Å²) in [6, 6.07) is 9.14. The standard InChI is InChI=1S/C16H24N2O2/c1-11(10-12-8-6-5-7-9-12)15(20)18-13(14(17)19)16(2,3)4/h5-9,11,13H,10H2,1-4H3,(H2,17,19)(H,18,20). The Hall–Kier alpha value is -1.84. The first kappa shape index (κ1) is 16.2. The average molecular weight is 276 g/mol. The molecule has 0 saturated heterocycles. The zero-order valence-electron chi connectivity index (χ0n) is 12.6. The molecular formula is C16H24N2O2. The summed E-state index contributed by atoms with van der Waals surface area (Å²) in [5, 5.41) is 2.76. The first-order valence-electron chi connectivity index (χ1n) is 6.85. The zero-order chi connectivity index (χ0) is 15.3. The Balaban J connectivity index is 2.67. The Kier molecular flexibility index (Phi) is 5.31. The summed E-state index contributed by atoms with van der Waals surface area (Å²) in [7, 11) is 0. The maximum absolute atomic E-state index is 12.2. The van der Waals surface area contributed by atoms with Crippen LogP contribution in [0, 0.1) is 11.3 Å². The minimum atomic E-state index is -0.659. The van der Waals surface area contributed by atoms with Gasteiger partial charge in [-0.25, -0.2) is 0 Å². The van der Waals surface area contributed by atoms with Gasteiger partial charge < -0.3 is 11.1 Å². The number of hydrogen-bond donors (Lipinski definition) is 2. The molecule has 0 saturated carbocycles. The van der Waals surface area contributed by atoms with Gasteiger partial charge in [0.1, 0.15) is 6.04 Å². The highest BCUT2D eigenvalue weighted by Gasteiger charge is 2.32. The third-order valence-electron chi connectivity index (χ3n) is 3.27. The molecule has 0 aromatic heterocycles. The predicted octanol–water partition coefficient (Wildman–Crippen LogP) is 1.88. The first-order chi connectivity index (χ1) is 9.21. The summed E-state index contributed by atoms with van der Waals surface area (Å²) >= 11 is 0. The second-order valence-corrected chi connectivity index (χ2v) is 6.30. The number of carbonyl (C=O) groups is 2. The van der Waals surface area contributed by atoms with E-state index in [1.807, 2.05) is 58.0 Å². The van der Waals surface area contributed by atoms with E-state index in [0.29, 0.717) is 6.42 Å². The van der Waals surface area contributed by atoms with E-state index >= 15 is 0 Å². The number of amides is 2. The number of hydrogen-bond acceptors (Lipinski definition) is 2. The van der Waals surface area contributed by atoms with Gasteiger partial charge in [-0.2, -0.15) is 0 Å². The van der Waals surface area contributed by atoms with Crippen LogP contribution in [0.2, 0.25) is 0 Å². The van der Waals surface area contributed by atoms with Crippen LogP contribution in [-0.4, -0.2) is 17.9 Å². The van der Waals surface area contributed by atoms with E-state index in [0.717, 1.165) is 5.56 Å². The summed E-state index contributed by atoms with van der Waals surface area (Å²) in [5.74, 6) is -0.855. The van der Waals surface area contributed by atoms with Crippen LogP contribution in [0.15, 0.2) is 30.3 Å². The zero-order valence-corrected chi connectivity index (χ0v) is 12.6. The van der Waals surface area contributed by atoms with Gasteiger partial charge in [0.2, 0.25) is 11.8 Å². The molecule has 1 rings (SSSR count). The molecule has 2 unspecified atom stereocenters. The number of nitrogens with one attached hydrogen (secondary N) is 1. The number of carbonyl (C=O) groups excluding carboxylic acids is 2. The van der Waals surface area contributed by atoms with Crippen LogP contribution in [0.4, 0.5) is 0 Å². The van der Waals surface area contributed by atoms with Gasteiger partial charge in [0.15, 0.2) is 0 Å². The monoisotopic (exact) mass is 276 g/mol. The third kappa shape index (κ3) is 4.68. The van der Waals surface area contributed by atoms with Crippen molar-refractivity contribution >= 4 is 11.8 Å². The lowest BCUT2D eigenvalue weighted by molar-refractivity contribution is -0.131. The summed E-state index contributed by atoms with van der Waals surface area (Å²) in [5.41, 5.74) is 6.07. The van der Waals surface area contributed by atoms with Crippen molar-refractivity contribution in [3.8, 4) is 0 Å². The fourth-order valence-electron chi connectivity index (χ4n) is 2.06. The van der Waals surface area contributed by atoms with Crippen molar-refractivity contribution in [2.24, 2.45) is 17.1 Å². The largest absolute Gasteiger partial charge is 0.368 e. The average Bonchev–Trinajstić information content (AvgIpc) is 2.34. The molecule has 2 atom stereocenters. The van der Waals surface area contributed by atoms with E-state index < -0.39 is 17.4 Å². The Labute approximate surface area is 120 Å². The van der Waals surface area contributed by atoms with E-state index in [-0.39, 0.29) is 11.8 Å². The van der Waals surface area contributed by atoms with E-state index in [9.17, 15) is 9.59 Å². The molecule has 2 amide bonds. The molecule has 0 fully saturated rings. The normalized spacial score (nSPS) is 14.4. The van der Waals surface area contributed by atoms with E-state index in [1.165, 1.54) is 0 Å². The lowest BCUT2D eigenvalue weighted by Crippen LogP contribution is -2.53. The molecule has 4 heteroatoms. The van der Waals surface area contributed by atoms with E-state index in [1.54, 1.807) is 0 Å². The molecule has 4 nitrogen and oxygen atoms in total. The van der Waals surface area contributed by atoms with Crippen molar-refractivity contribution in [1.82, 2.24) is 5.32 Å². The van der Waals surface area contributed by atoms with Crippen molar-refractivity contribution in [2.45, 2.75) is 40.2 Å². The molecule has 0 aliphatic carbocycles. The Bertz CT molecular complexity index is 463. The maximum atomic E-state index is 12.2. The van der Waals surface area contributed by atoms with Gasteiger partial charge >= 0.3 is 0 Å². The van der Waals surface area contributed by atoms with Crippen molar-refractivity contribution < 1.29 is 9.59 Å². The van der Waals surface area contributed by atoms with Gasteiger partial charge in [0.25, 0.3) is 0 Å². The SMILES string of the molecule is CC(Cc1ccccc1)C(=O)NC(C(N)=O)C(C)(C)C. The lowest BCUT2D eigenvalue weighted by atomic mass is 9.85. The lowest BCUT2D eigenvalue weighted by Gasteiger charge is -2.29. The van der Waals surface area contributed by atoms with Gasteiger partial charge in [0, 0.05) is 5.92 Å². The van der Waals surface area contributed by atoms with Crippen LogP contribution in [0.5, 0.6) is 0 Å². The summed E-state index contributed by atoms with van der Waals surface area (Å²) in [4.78, 5) is 23.7. The fourth-order valence-corrected chi connectivity index (χ4v) is 2.06. The number of nitrogens with two attached hydrogens (primary N) is 1. The summed E-state index contributed by atoms with van der Waals surface area (Å²) in [6.07, 6.45) is 0.641. The van der Waals surface area contributed by atoms with Gasteiger partial charge in [-0.15, -0.1) is 0 Å². The Morgan fingerprint density at radius 3 is 2.20 bits per heavy atom. The smallest absolute Gasteiger partial charge is 0.240 e. The maximum Gasteiger partial charge on any atom is 0.240 e. The molecule has 0 radical (unpaired) electrons. The fraction of sp³-hybridized carbons (Fsp3) is 0.500. The van der Waals surface area contributed by atoms with Gasteiger partial charge in [-0.1, -0.05) is 58.0 Å². The molecule has 1 aromatic carbocycles. The highest BCUT2D eigenvalue weighted by molar-refractivity contribution is 5.88. The minimum absolute atomic E-state index is 0.146. The molecule has 0 bridgehead atoms. The first-order valence-corrected chi connectivity index (χ1v) is 6.85. The van der Waals surface area contributed by atoms with Crippen molar-refractivity contribution in [2.75, 3.05) is 0 Å². The van der Waals surface area contributed by atoms with Crippen LogP contribution < -0.4 is 11.1 Å². The van der Waals surface area contributed by atoms with Crippen LogP contribution in [-0.2, 0) is 16.0 Å². The third-order valence-corrected chi connectivity index (χ3v) is 3.27. The molecule has 0 spiro atoms. The molecular weight excluding hydrogens is 252 g/mol. The minimum Gasteiger partial charge on any atom is -0.368 e.